The largest absolute Gasteiger partial charge is 0.474 e. The number of aromatic nitrogens is 2. The maximum Gasteiger partial charge on any atom is 0.227 e. The van der Waals surface area contributed by atoms with Gasteiger partial charge in [-0.15, -0.1) is 11.3 Å². The molecule has 2 rings (SSSR count). The van der Waals surface area contributed by atoms with Crippen molar-refractivity contribution in [2.45, 2.75) is 40.2 Å². The quantitative estimate of drug-likeness (QED) is 0.906. The van der Waals surface area contributed by atoms with Gasteiger partial charge >= 0.3 is 0 Å². The minimum atomic E-state index is 0.132. The molecule has 0 aliphatic rings. The number of nitrogens with one attached hydrogen (secondary N) is 1. The predicted octanol–water partition coefficient (Wildman–Crippen LogP) is 3.72. The molecule has 4 nitrogen and oxygen atoms in total. The lowest BCUT2D eigenvalue weighted by Gasteiger charge is -2.18. The molecule has 0 bridgehead atoms. The first-order valence-electron chi connectivity index (χ1n) is 6.70. The number of thiophene rings is 1. The van der Waals surface area contributed by atoms with Crippen LogP contribution in [0.4, 0.5) is 5.95 Å². The Labute approximate surface area is 118 Å². The summed E-state index contributed by atoms with van der Waals surface area (Å²) < 4.78 is 6.00. The van der Waals surface area contributed by atoms with Crippen LogP contribution in [0.15, 0.2) is 6.07 Å². The first kappa shape index (κ1) is 14.1. The lowest BCUT2D eigenvalue weighted by molar-refractivity contribution is 0.166. The average Bonchev–Trinajstić information content (AvgIpc) is 2.81. The number of nitrogens with zero attached hydrogens (tertiary/aromatic N) is 2. The highest BCUT2D eigenvalue weighted by Crippen LogP contribution is 2.32. The van der Waals surface area contributed by atoms with E-state index in [4.69, 9.17) is 4.74 Å². The Morgan fingerprint density at radius 2 is 2.05 bits per heavy atom. The first-order valence-corrected chi connectivity index (χ1v) is 7.51. The molecule has 1 unspecified atom stereocenters. The Hall–Kier alpha value is -1.36. The Morgan fingerprint density at radius 1 is 1.32 bits per heavy atom. The summed E-state index contributed by atoms with van der Waals surface area (Å²) >= 11 is 1.71. The van der Waals surface area contributed by atoms with Gasteiger partial charge in [0.25, 0.3) is 0 Å². The number of hydrogen-bond donors (Lipinski definition) is 1. The van der Waals surface area contributed by atoms with Gasteiger partial charge in [0.1, 0.15) is 4.83 Å². The van der Waals surface area contributed by atoms with E-state index in [1.807, 2.05) is 7.05 Å². The summed E-state index contributed by atoms with van der Waals surface area (Å²) in [5.74, 6) is 1.75. The van der Waals surface area contributed by atoms with Gasteiger partial charge in [-0.2, -0.15) is 4.98 Å². The minimum absolute atomic E-state index is 0.132. The summed E-state index contributed by atoms with van der Waals surface area (Å²) in [5.41, 5.74) is 0. The van der Waals surface area contributed by atoms with E-state index in [1.165, 1.54) is 4.88 Å². The van der Waals surface area contributed by atoms with Crippen LogP contribution < -0.4 is 10.1 Å². The van der Waals surface area contributed by atoms with E-state index in [-0.39, 0.29) is 6.10 Å². The lowest BCUT2D eigenvalue weighted by Crippen LogP contribution is -2.19. The third kappa shape index (κ3) is 2.97. The van der Waals surface area contributed by atoms with Crippen LogP contribution in [0.25, 0.3) is 10.2 Å². The zero-order valence-electron chi connectivity index (χ0n) is 12.2. The molecule has 0 spiro atoms. The predicted molar refractivity (Wildman–Crippen MR) is 81.3 cm³/mol. The van der Waals surface area contributed by atoms with Gasteiger partial charge in [0.05, 0.1) is 11.5 Å². The third-order valence-electron chi connectivity index (χ3n) is 3.22. The molecule has 0 aromatic carbocycles. The lowest BCUT2D eigenvalue weighted by atomic mass is 10.1. The molecule has 0 fully saturated rings. The van der Waals surface area contributed by atoms with Crippen LogP contribution >= 0.6 is 11.3 Å². The first-order chi connectivity index (χ1) is 9.05. The Morgan fingerprint density at radius 3 is 2.63 bits per heavy atom. The van der Waals surface area contributed by atoms with Gasteiger partial charge in [0, 0.05) is 11.9 Å². The normalized spacial score (nSPS) is 12.9. The Balaban J connectivity index is 2.47. The van der Waals surface area contributed by atoms with Crippen molar-refractivity contribution in [1.82, 2.24) is 9.97 Å². The van der Waals surface area contributed by atoms with Gasteiger partial charge < -0.3 is 10.1 Å². The summed E-state index contributed by atoms with van der Waals surface area (Å²) in [6.45, 7) is 8.51. The van der Waals surface area contributed by atoms with Crippen molar-refractivity contribution in [3.05, 3.63) is 10.9 Å². The van der Waals surface area contributed by atoms with Crippen LogP contribution in [-0.2, 0) is 6.42 Å². The monoisotopic (exact) mass is 279 g/mol. The fraction of sp³-hybridized carbons (Fsp3) is 0.571. The van der Waals surface area contributed by atoms with Crippen LogP contribution in [0.2, 0.25) is 0 Å². The molecular weight excluding hydrogens is 258 g/mol. The van der Waals surface area contributed by atoms with E-state index >= 15 is 0 Å². The van der Waals surface area contributed by atoms with Crippen molar-refractivity contribution in [1.29, 1.82) is 0 Å². The van der Waals surface area contributed by atoms with Gasteiger partial charge in [-0.25, -0.2) is 4.98 Å². The van der Waals surface area contributed by atoms with E-state index in [2.05, 4.69) is 49.0 Å². The van der Waals surface area contributed by atoms with Crippen molar-refractivity contribution in [3.8, 4) is 5.88 Å². The molecule has 5 heteroatoms. The summed E-state index contributed by atoms with van der Waals surface area (Å²) in [7, 11) is 1.82. The summed E-state index contributed by atoms with van der Waals surface area (Å²) in [5, 5.41) is 4.02. The zero-order valence-corrected chi connectivity index (χ0v) is 13.0. The molecule has 0 saturated heterocycles. The molecule has 2 aromatic heterocycles. The highest BCUT2D eigenvalue weighted by Gasteiger charge is 2.16. The summed E-state index contributed by atoms with van der Waals surface area (Å²) in [6, 6.07) is 2.14. The molecule has 2 aromatic rings. The maximum absolute atomic E-state index is 6.00. The molecular formula is C14H21N3OS. The molecule has 0 saturated carbocycles. The van der Waals surface area contributed by atoms with Gasteiger partial charge in [0.15, 0.2) is 0 Å². The summed E-state index contributed by atoms with van der Waals surface area (Å²) in [6.07, 6.45) is 1.14. The number of ether oxygens (including phenoxy) is 1. The maximum atomic E-state index is 6.00. The SMILES string of the molecule is CCc1cc2c(OC(C)C(C)C)nc(NC)nc2s1. The standard InChI is InChI=1S/C14H21N3OS/c1-6-10-7-11-12(18-9(4)8(2)3)16-14(15-5)17-13(11)19-10/h7-9H,6H2,1-5H3,(H,15,16,17). The Bertz CT molecular complexity index is 565. The molecule has 104 valence electrons. The summed E-state index contributed by atoms with van der Waals surface area (Å²) in [4.78, 5) is 11.2. The molecule has 0 aliphatic heterocycles. The van der Waals surface area contributed by atoms with E-state index in [0.717, 1.165) is 16.6 Å². The number of fused-ring (bicyclic) bond motifs is 1. The Kier molecular flexibility index (Phi) is 4.24. The highest BCUT2D eigenvalue weighted by atomic mass is 32.1. The molecule has 0 radical (unpaired) electrons. The fourth-order valence-corrected chi connectivity index (χ4v) is 2.59. The van der Waals surface area contributed by atoms with E-state index in [0.29, 0.717) is 17.7 Å². The van der Waals surface area contributed by atoms with Gasteiger partial charge in [-0.1, -0.05) is 20.8 Å². The van der Waals surface area contributed by atoms with Crippen molar-refractivity contribution < 1.29 is 4.74 Å². The second-order valence-corrected chi connectivity index (χ2v) is 6.07. The third-order valence-corrected chi connectivity index (χ3v) is 4.39. The van der Waals surface area contributed by atoms with Crippen LogP contribution in [0.1, 0.15) is 32.6 Å². The van der Waals surface area contributed by atoms with Crippen LogP contribution in [0.5, 0.6) is 5.88 Å². The second-order valence-electron chi connectivity index (χ2n) is 4.95. The number of hydrogen-bond acceptors (Lipinski definition) is 5. The van der Waals surface area contributed by atoms with Gasteiger partial charge in [-0.3, -0.25) is 0 Å². The molecule has 19 heavy (non-hydrogen) atoms. The molecule has 1 N–H and O–H groups in total. The smallest absolute Gasteiger partial charge is 0.227 e. The molecule has 1 atom stereocenters. The van der Waals surface area contributed by atoms with Gasteiger partial charge in [-0.05, 0) is 25.3 Å². The minimum Gasteiger partial charge on any atom is -0.474 e. The molecule has 0 amide bonds. The van der Waals surface area contributed by atoms with Crippen molar-refractivity contribution in [2.75, 3.05) is 12.4 Å². The van der Waals surface area contributed by atoms with Gasteiger partial charge in [0.2, 0.25) is 11.8 Å². The van der Waals surface area contributed by atoms with Crippen molar-refractivity contribution in [2.24, 2.45) is 5.92 Å². The van der Waals surface area contributed by atoms with Crippen molar-refractivity contribution in [3.63, 3.8) is 0 Å². The van der Waals surface area contributed by atoms with Crippen molar-refractivity contribution >= 4 is 27.5 Å². The average molecular weight is 279 g/mol. The van der Waals surface area contributed by atoms with Crippen LogP contribution in [-0.4, -0.2) is 23.1 Å². The zero-order chi connectivity index (χ0) is 14.0. The number of anilines is 1. The fourth-order valence-electron chi connectivity index (χ4n) is 1.63. The molecule has 0 aliphatic carbocycles. The second kappa shape index (κ2) is 5.74. The topological polar surface area (TPSA) is 47.0 Å². The van der Waals surface area contributed by atoms with E-state index in [1.54, 1.807) is 11.3 Å². The number of rotatable bonds is 5. The van der Waals surface area contributed by atoms with Crippen LogP contribution in [0.3, 0.4) is 0 Å². The molecule has 2 heterocycles. The number of aryl methyl sites for hydroxylation is 1. The van der Waals surface area contributed by atoms with E-state index < -0.39 is 0 Å². The van der Waals surface area contributed by atoms with E-state index in [9.17, 15) is 0 Å². The highest BCUT2D eigenvalue weighted by molar-refractivity contribution is 7.18. The van der Waals surface area contributed by atoms with Crippen LogP contribution in [0, 0.1) is 5.92 Å².